The van der Waals surface area contributed by atoms with Gasteiger partial charge in [0.05, 0.1) is 19.4 Å². The van der Waals surface area contributed by atoms with E-state index in [1.165, 1.54) is 6.21 Å². The summed E-state index contributed by atoms with van der Waals surface area (Å²) < 4.78 is 10.8. The van der Waals surface area contributed by atoms with E-state index in [9.17, 15) is 9.59 Å². The van der Waals surface area contributed by atoms with Crippen LogP contribution < -0.4 is 20.2 Å². The summed E-state index contributed by atoms with van der Waals surface area (Å²) in [5.74, 6) is 0.903. The summed E-state index contributed by atoms with van der Waals surface area (Å²) in [6.45, 7) is 4.98. The van der Waals surface area contributed by atoms with Crippen LogP contribution in [0.2, 0.25) is 0 Å². The summed E-state index contributed by atoms with van der Waals surface area (Å²) in [5.41, 5.74) is 3.88. The number of carbonyl (C=O) groups is 2. The molecule has 0 aliphatic carbocycles. The molecule has 7 nitrogen and oxygen atoms in total. The average Bonchev–Trinajstić information content (AvgIpc) is 2.69. The molecule has 0 saturated heterocycles. The highest BCUT2D eigenvalue weighted by atomic mass is 16.5. The van der Waals surface area contributed by atoms with Crippen molar-refractivity contribution < 1.29 is 19.1 Å². The lowest BCUT2D eigenvalue weighted by Crippen LogP contribution is -2.20. The summed E-state index contributed by atoms with van der Waals surface area (Å²) in [6.07, 6.45) is 1.63. The van der Waals surface area contributed by atoms with Crippen LogP contribution >= 0.6 is 0 Å². The highest BCUT2D eigenvalue weighted by Gasteiger charge is 2.07. The van der Waals surface area contributed by atoms with Crippen LogP contribution in [-0.2, 0) is 9.59 Å². The largest absolute Gasteiger partial charge is 0.494 e. The molecule has 0 bridgehead atoms. The molecule has 2 aromatic rings. The minimum absolute atomic E-state index is 0.0409. The van der Waals surface area contributed by atoms with E-state index in [0.717, 1.165) is 17.1 Å². The second-order valence-corrected chi connectivity index (χ2v) is 5.80. The minimum atomic E-state index is -0.334. The fourth-order valence-electron chi connectivity index (χ4n) is 2.34. The van der Waals surface area contributed by atoms with Crippen LogP contribution in [-0.4, -0.2) is 31.2 Å². The molecule has 2 aromatic carbocycles. The Morgan fingerprint density at radius 1 is 0.929 bits per heavy atom. The van der Waals surface area contributed by atoms with Crippen molar-refractivity contribution in [2.45, 2.75) is 26.7 Å². The van der Waals surface area contributed by atoms with Crippen molar-refractivity contribution in [1.82, 2.24) is 5.43 Å². The molecule has 0 radical (unpaired) electrons. The van der Waals surface area contributed by atoms with Crippen molar-refractivity contribution in [3.8, 4) is 11.5 Å². The van der Waals surface area contributed by atoms with Crippen LogP contribution in [0.4, 0.5) is 5.69 Å². The molecule has 0 fully saturated rings. The van der Waals surface area contributed by atoms with Crippen molar-refractivity contribution in [2.24, 2.45) is 5.10 Å². The SMILES string of the molecule is CCOc1ccc(NC(=O)CCC(=O)NN=Cc2cccc(OCC)c2)cc1. The van der Waals surface area contributed by atoms with Gasteiger partial charge in [0.25, 0.3) is 0 Å². The molecule has 0 atom stereocenters. The van der Waals surface area contributed by atoms with Gasteiger partial charge in [-0.3, -0.25) is 9.59 Å². The van der Waals surface area contributed by atoms with Crippen LogP contribution in [0.15, 0.2) is 53.6 Å². The van der Waals surface area contributed by atoms with Crippen LogP contribution in [0.5, 0.6) is 11.5 Å². The first-order chi connectivity index (χ1) is 13.6. The molecule has 0 aliphatic rings. The first-order valence-corrected chi connectivity index (χ1v) is 9.18. The maximum atomic E-state index is 11.9. The van der Waals surface area contributed by atoms with E-state index in [-0.39, 0.29) is 24.7 Å². The maximum Gasteiger partial charge on any atom is 0.240 e. The lowest BCUT2D eigenvalue weighted by molar-refractivity contribution is -0.124. The third kappa shape index (κ3) is 7.49. The number of amides is 2. The number of nitrogens with zero attached hydrogens (tertiary/aromatic N) is 1. The smallest absolute Gasteiger partial charge is 0.240 e. The summed E-state index contributed by atoms with van der Waals surface area (Å²) in [7, 11) is 0. The van der Waals surface area contributed by atoms with Gasteiger partial charge >= 0.3 is 0 Å². The molecule has 0 aliphatic heterocycles. The minimum Gasteiger partial charge on any atom is -0.494 e. The predicted molar refractivity (Wildman–Crippen MR) is 109 cm³/mol. The normalized spacial score (nSPS) is 10.5. The zero-order chi connectivity index (χ0) is 20.2. The van der Waals surface area contributed by atoms with E-state index in [1.54, 1.807) is 24.3 Å². The number of anilines is 1. The van der Waals surface area contributed by atoms with Gasteiger partial charge in [-0.1, -0.05) is 12.1 Å². The molecular weight excluding hydrogens is 358 g/mol. The number of ether oxygens (including phenoxy) is 2. The monoisotopic (exact) mass is 383 g/mol. The maximum absolute atomic E-state index is 11.9. The zero-order valence-corrected chi connectivity index (χ0v) is 16.1. The quantitative estimate of drug-likeness (QED) is 0.486. The lowest BCUT2D eigenvalue weighted by atomic mass is 10.2. The highest BCUT2D eigenvalue weighted by molar-refractivity contribution is 5.93. The van der Waals surface area contributed by atoms with Gasteiger partial charge in [0.1, 0.15) is 11.5 Å². The Balaban J connectivity index is 1.72. The molecule has 7 heteroatoms. The van der Waals surface area contributed by atoms with Crippen molar-refractivity contribution in [3.05, 3.63) is 54.1 Å². The molecule has 148 valence electrons. The Morgan fingerprint density at radius 2 is 1.61 bits per heavy atom. The van der Waals surface area contributed by atoms with Crippen LogP contribution in [0.25, 0.3) is 0 Å². The lowest BCUT2D eigenvalue weighted by Gasteiger charge is -2.07. The van der Waals surface area contributed by atoms with Crippen molar-refractivity contribution in [3.63, 3.8) is 0 Å². The van der Waals surface area contributed by atoms with Gasteiger partial charge in [-0.15, -0.1) is 0 Å². The predicted octanol–water partition coefficient (Wildman–Crippen LogP) is 3.35. The van der Waals surface area contributed by atoms with Crippen molar-refractivity contribution in [1.29, 1.82) is 0 Å². The van der Waals surface area contributed by atoms with Gasteiger partial charge in [0.2, 0.25) is 11.8 Å². The number of rotatable bonds is 10. The third-order valence-corrected chi connectivity index (χ3v) is 3.60. The van der Waals surface area contributed by atoms with E-state index in [0.29, 0.717) is 18.9 Å². The summed E-state index contributed by atoms with van der Waals surface area (Å²) in [5, 5.41) is 6.65. The number of benzene rings is 2. The van der Waals surface area contributed by atoms with Gasteiger partial charge in [-0.25, -0.2) is 5.43 Å². The fourth-order valence-corrected chi connectivity index (χ4v) is 2.34. The average molecular weight is 383 g/mol. The van der Waals surface area contributed by atoms with Gasteiger partial charge in [-0.05, 0) is 55.8 Å². The number of hydrogen-bond donors (Lipinski definition) is 2. The molecule has 28 heavy (non-hydrogen) atoms. The van der Waals surface area contributed by atoms with Crippen molar-refractivity contribution in [2.75, 3.05) is 18.5 Å². The molecule has 2 N–H and O–H groups in total. The second-order valence-electron chi connectivity index (χ2n) is 5.80. The van der Waals surface area contributed by atoms with Crippen molar-refractivity contribution >= 4 is 23.7 Å². The van der Waals surface area contributed by atoms with Gasteiger partial charge in [0, 0.05) is 18.5 Å². The Bertz CT molecular complexity index is 804. The van der Waals surface area contributed by atoms with E-state index in [2.05, 4.69) is 15.8 Å². The first-order valence-electron chi connectivity index (χ1n) is 9.18. The van der Waals surface area contributed by atoms with E-state index >= 15 is 0 Å². The number of nitrogens with one attached hydrogen (secondary N) is 2. The number of hydrogen-bond acceptors (Lipinski definition) is 5. The molecule has 0 aromatic heterocycles. The molecule has 0 unspecified atom stereocenters. The Hall–Kier alpha value is -3.35. The van der Waals surface area contributed by atoms with Crippen LogP contribution in [0.3, 0.4) is 0 Å². The van der Waals surface area contributed by atoms with Crippen LogP contribution in [0.1, 0.15) is 32.3 Å². The molecular formula is C21H25N3O4. The molecule has 0 spiro atoms. The second kappa shape index (κ2) is 11.4. The summed E-state index contributed by atoms with van der Waals surface area (Å²) in [4.78, 5) is 23.8. The summed E-state index contributed by atoms with van der Waals surface area (Å²) in [6, 6.07) is 14.4. The van der Waals surface area contributed by atoms with Gasteiger partial charge in [-0.2, -0.15) is 5.10 Å². The molecule has 0 heterocycles. The van der Waals surface area contributed by atoms with Gasteiger partial charge in [0.15, 0.2) is 0 Å². The highest BCUT2D eigenvalue weighted by Crippen LogP contribution is 2.16. The van der Waals surface area contributed by atoms with E-state index < -0.39 is 0 Å². The summed E-state index contributed by atoms with van der Waals surface area (Å²) >= 11 is 0. The number of carbonyl (C=O) groups excluding carboxylic acids is 2. The Kier molecular flexibility index (Phi) is 8.52. The third-order valence-electron chi connectivity index (χ3n) is 3.60. The Morgan fingerprint density at radius 3 is 2.32 bits per heavy atom. The Labute approximate surface area is 164 Å². The first kappa shape index (κ1) is 21.0. The van der Waals surface area contributed by atoms with E-state index in [1.807, 2.05) is 38.1 Å². The van der Waals surface area contributed by atoms with E-state index in [4.69, 9.17) is 9.47 Å². The standard InChI is InChI=1S/C21H25N3O4/c1-3-27-18-10-8-17(9-11-18)23-20(25)12-13-21(26)24-22-15-16-6-5-7-19(14-16)28-4-2/h5-11,14-15H,3-4,12-13H2,1-2H3,(H,23,25)(H,24,26). The molecule has 0 saturated carbocycles. The molecule has 2 rings (SSSR count). The number of hydrazone groups is 1. The van der Waals surface area contributed by atoms with Crippen LogP contribution in [0, 0.1) is 0 Å². The topological polar surface area (TPSA) is 89.0 Å². The zero-order valence-electron chi connectivity index (χ0n) is 16.1. The fraction of sp³-hybridized carbons (Fsp3) is 0.286. The molecule has 2 amide bonds. The van der Waals surface area contributed by atoms with Gasteiger partial charge < -0.3 is 14.8 Å².